The van der Waals surface area contributed by atoms with Crippen molar-refractivity contribution in [3.8, 4) is 0 Å². The van der Waals surface area contributed by atoms with Gasteiger partial charge in [-0.15, -0.1) is 10.1 Å². The first kappa shape index (κ1) is 12.2. The Morgan fingerprint density at radius 1 is 1.46 bits per heavy atom. The van der Waals surface area contributed by atoms with Crippen molar-refractivity contribution in [2.75, 3.05) is 6.61 Å². The van der Waals surface area contributed by atoms with E-state index in [1.165, 1.54) is 0 Å². The third-order valence-corrected chi connectivity index (χ3v) is 1.39. The van der Waals surface area contributed by atoms with E-state index >= 15 is 0 Å². The number of nitrogens with zero attached hydrogens (tertiary/aromatic N) is 1. The minimum absolute atomic E-state index is 0.251. The third kappa shape index (κ3) is 7.52. The molecule has 13 heavy (non-hydrogen) atoms. The van der Waals surface area contributed by atoms with E-state index in [-0.39, 0.29) is 12.2 Å². The molecule has 0 radical (unpaired) electrons. The summed E-state index contributed by atoms with van der Waals surface area (Å²) in [7, 11) is 0. The van der Waals surface area contributed by atoms with E-state index in [2.05, 4.69) is 4.84 Å². The summed E-state index contributed by atoms with van der Waals surface area (Å²) in [6, 6.07) is 0. The zero-order valence-electron chi connectivity index (χ0n) is 8.57. The number of hydrogen-bond donors (Lipinski definition) is 0. The molecule has 0 rings (SSSR count). The van der Waals surface area contributed by atoms with Gasteiger partial charge in [0.1, 0.15) is 6.10 Å². The molecule has 0 saturated carbocycles. The number of ether oxygens (including phenoxy) is 1. The summed E-state index contributed by atoms with van der Waals surface area (Å²) in [5, 5.41) is 9.24. The van der Waals surface area contributed by atoms with Crippen LogP contribution in [0.4, 0.5) is 0 Å². The Bertz CT molecular complexity index is 164. The predicted molar refractivity (Wildman–Crippen MR) is 47.9 cm³/mol. The van der Waals surface area contributed by atoms with Crippen molar-refractivity contribution in [3.63, 3.8) is 0 Å². The molecule has 0 fully saturated rings. The quantitative estimate of drug-likeness (QED) is 0.491. The van der Waals surface area contributed by atoms with Crippen LogP contribution in [0.5, 0.6) is 0 Å². The van der Waals surface area contributed by atoms with Gasteiger partial charge in [0.25, 0.3) is 5.09 Å². The molecule has 78 valence electrons. The van der Waals surface area contributed by atoms with Crippen LogP contribution >= 0.6 is 0 Å². The number of rotatable bonds is 5. The molecule has 0 aliphatic rings. The lowest BCUT2D eigenvalue weighted by Crippen LogP contribution is -2.28. The Morgan fingerprint density at radius 2 is 2.00 bits per heavy atom. The van der Waals surface area contributed by atoms with Gasteiger partial charge in [-0.1, -0.05) is 6.92 Å². The van der Waals surface area contributed by atoms with E-state index in [9.17, 15) is 10.1 Å². The summed E-state index contributed by atoms with van der Waals surface area (Å²) in [5.74, 6) is 0. The van der Waals surface area contributed by atoms with E-state index in [1.807, 2.05) is 27.7 Å². The predicted octanol–water partition coefficient (Wildman–Crippen LogP) is 1.79. The van der Waals surface area contributed by atoms with E-state index in [4.69, 9.17) is 4.74 Å². The van der Waals surface area contributed by atoms with E-state index in [0.717, 1.165) is 0 Å². The van der Waals surface area contributed by atoms with Gasteiger partial charge in [0.05, 0.1) is 12.2 Å². The summed E-state index contributed by atoms with van der Waals surface area (Å²) in [6.07, 6.45) is 0.103. The van der Waals surface area contributed by atoms with Gasteiger partial charge in [-0.2, -0.15) is 0 Å². The Morgan fingerprint density at radius 3 is 2.31 bits per heavy atom. The van der Waals surface area contributed by atoms with Crippen molar-refractivity contribution < 1.29 is 14.7 Å². The topological polar surface area (TPSA) is 61.6 Å². The fourth-order valence-corrected chi connectivity index (χ4v) is 0.687. The van der Waals surface area contributed by atoms with Gasteiger partial charge in [-0.25, -0.2) is 0 Å². The van der Waals surface area contributed by atoms with Gasteiger partial charge in [-0.05, 0) is 27.2 Å². The SMILES string of the molecule is CCC(COC(C)(C)C)O[N+](=O)[O-]. The van der Waals surface area contributed by atoms with Crippen LogP contribution < -0.4 is 0 Å². The van der Waals surface area contributed by atoms with Gasteiger partial charge >= 0.3 is 0 Å². The van der Waals surface area contributed by atoms with Gasteiger partial charge in [0.2, 0.25) is 0 Å². The van der Waals surface area contributed by atoms with Crippen molar-refractivity contribution in [2.24, 2.45) is 0 Å². The zero-order valence-corrected chi connectivity index (χ0v) is 8.57. The molecule has 5 heteroatoms. The van der Waals surface area contributed by atoms with E-state index < -0.39 is 11.2 Å². The van der Waals surface area contributed by atoms with Crippen molar-refractivity contribution >= 4 is 0 Å². The summed E-state index contributed by atoms with van der Waals surface area (Å²) in [6.45, 7) is 7.75. The molecule has 0 aliphatic carbocycles. The first-order chi connectivity index (χ1) is 5.85. The second kappa shape index (κ2) is 5.01. The van der Waals surface area contributed by atoms with E-state index in [1.54, 1.807) is 0 Å². The average Bonchev–Trinajstić information content (AvgIpc) is 1.95. The maximum atomic E-state index is 10.0. The number of hydrogen-bond acceptors (Lipinski definition) is 4. The van der Waals surface area contributed by atoms with Crippen LogP contribution in [0.25, 0.3) is 0 Å². The molecule has 0 aromatic carbocycles. The highest BCUT2D eigenvalue weighted by atomic mass is 17.0. The molecule has 1 atom stereocenters. The lowest BCUT2D eigenvalue weighted by atomic mass is 10.2. The van der Waals surface area contributed by atoms with Gasteiger partial charge in [0.15, 0.2) is 0 Å². The Labute approximate surface area is 78.1 Å². The molecule has 0 aromatic rings. The maximum absolute atomic E-state index is 10.0. The molecule has 1 unspecified atom stereocenters. The van der Waals surface area contributed by atoms with Gasteiger partial charge < -0.3 is 9.57 Å². The van der Waals surface area contributed by atoms with E-state index in [0.29, 0.717) is 6.42 Å². The lowest BCUT2D eigenvalue weighted by molar-refractivity contribution is -0.769. The highest BCUT2D eigenvalue weighted by Gasteiger charge is 2.16. The molecular weight excluding hydrogens is 174 g/mol. The monoisotopic (exact) mass is 191 g/mol. The highest BCUT2D eigenvalue weighted by molar-refractivity contribution is 4.61. The van der Waals surface area contributed by atoms with Crippen molar-refractivity contribution in [1.82, 2.24) is 0 Å². The summed E-state index contributed by atoms with van der Waals surface area (Å²) < 4.78 is 5.35. The van der Waals surface area contributed by atoms with Crippen LogP contribution in [-0.2, 0) is 9.57 Å². The minimum atomic E-state index is -0.778. The normalized spacial score (nSPS) is 13.8. The summed E-state index contributed by atoms with van der Waals surface area (Å²) >= 11 is 0. The minimum Gasteiger partial charge on any atom is -0.374 e. The summed E-state index contributed by atoms with van der Waals surface area (Å²) in [4.78, 5) is 14.4. The standard InChI is InChI=1S/C8H17NO4/c1-5-7(13-9(10)11)6-12-8(2,3)4/h7H,5-6H2,1-4H3. The fraction of sp³-hybridized carbons (Fsp3) is 1.00. The van der Waals surface area contributed by atoms with Crippen LogP contribution in [0.2, 0.25) is 0 Å². The molecule has 0 saturated heterocycles. The van der Waals surface area contributed by atoms with Gasteiger partial charge in [-0.3, -0.25) is 0 Å². The molecule has 0 bridgehead atoms. The Hall–Kier alpha value is -0.840. The molecular formula is C8H17NO4. The highest BCUT2D eigenvalue weighted by Crippen LogP contribution is 2.09. The largest absolute Gasteiger partial charge is 0.374 e. The zero-order chi connectivity index (χ0) is 10.5. The maximum Gasteiger partial charge on any atom is 0.294 e. The molecule has 0 aromatic heterocycles. The molecule has 5 nitrogen and oxygen atoms in total. The fourth-order valence-electron chi connectivity index (χ4n) is 0.687. The van der Waals surface area contributed by atoms with Crippen LogP contribution in [0.1, 0.15) is 34.1 Å². The lowest BCUT2D eigenvalue weighted by Gasteiger charge is -2.22. The molecule has 0 spiro atoms. The van der Waals surface area contributed by atoms with Crippen molar-refractivity contribution in [2.45, 2.75) is 45.8 Å². The third-order valence-electron chi connectivity index (χ3n) is 1.39. The molecule has 0 aliphatic heterocycles. The Kier molecular flexibility index (Phi) is 4.69. The van der Waals surface area contributed by atoms with Gasteiger partial charge in [0, 0.05) is 0 Å². The smallest absolute Gasteiger partial charge is 0.294 e. The second-order valence-corrected chi connectivity index (χ2v) is 3.78. The van der Waals surface area contributed by atoms with Crippen LogP contribution in [0.3, 0.4) is 0 Å². The van der Waals surface area contributed by atoms with Crippen LogP contribution in [0.15, 0.2) is 0 Å². The van der Waals surface area contributed by atoms with Crippen molar-refractivity contribution in [3.05, 3.63) is 10.1 Å². The van der Waals surface area contributed by atoms with Crippen molar-refractivity contribution in [1.29, 1.82) is 0 Å². The van der Waals surface area contributed by atoms with Crippen LogP contribution in [0, 0.1) is 10.1 Å². The molecule has 0 N–H and O–H groups in total. The first-order valence-electron chi connectivity index (χ1n) is 4.30. The summed E-state index contributed by atoms with van der Waals surface area (Å²) in [5.41, 5.74) is -0.284. The average molecular weight is 191 g/mol. The first-order valence-corrected chi connectivity index (χ1v) is 4.30. The van der Waals surface area contributed by atoms with Crippen LogP contribution in [-0.4, -0.2) is 23.4 Å². The molecule has 0 amide bonds. The second-order valence-electron chi connectivity index (χ2n) is 3.78. The Balaban J connectivity index is 3.79. The molecule has 0 heterocycles.